The molecule has 34 heavy (non-hydrogen) atoms. The van der Waals surface area contributed by atoms with E-state index in [4.69, 9.17) is 4.74 Å². The molecule has 1 aliphatic carbocycles. The monoisotopic (exact) mass is 477 g/mol. The predicted octanol–water partition coefficient (Wildman–Crippen LogP) is 4.11. The Hall–Kier alpha value is -3.50. The van der Waals surface area contributed by atoms with Gasteiger partial charge in [0.25, 0.3) is 5.91 Å². The molecule has 0 unspecified atom stereocenters. The third kappa shape index (κ3) is 4.87. The summed E-state index contributed by atoms with van der Waals surface area (Å²) in [4.78, 5) is 28.3. The molecular formula is C23H26F3N5O3. The number of alkyl halides is 3. The van der Waals surface area contributed by atoms with Crippen LogP contribution in [0.15, 0.2) is 36.7 Å². The van der Waals surface area contributed by atoms with E-state index in [-0.39, 0.29) is 23.6 Å². The average molecular weight is 477 g/mol. The molecule has 8 nitrogen and oxygen atoms in total. The van der Waals surface area contributed by atoms with Gasteiger partial charge in [0.15, 0.2) is 5.69 Å². The standard InChI is InChI=1S/C23H26F3N5O3/c1-3-30-12-14(22(33)34-2)11-17(30)21(32)28-16-9-7-15(8-10-16)27-19-5-4-6-20-29-18(13-31(19)20)23(24,25)26/h4-6,11-13,15-16,27H,3,7-10H2,1-2H3,(H,28,32). The zero-order valence-corrected chi connectivity index (χ0v) is 18.9. The number of carbonyl (C=O) groups is 2. The van der Waals surface area contributed by atoms with Crippen molar-refractivity contribution in [1.29, 1.82) is 0 Å². The Morgan fingerprint density at radius 3 is 2.50 bits per heavy atom. The van der Waals surface area contributed by atoms with E-state index in [0.29, 0.717) is 36.5 Å². The molecule has 0 spiro atoms. The van der Waals surface area contributed by atoms with E-state index in [2.05, 4.69) is 15.6 Å². The molecule has 11 heteroatoms. The first-order chi connectivity index (χ1) is 16.2. The molecular weight excluding hydrogens is 451 g/mol. The highest BCUT2D eigenvalue weighted by atomic mass is 19.4. The third-order valence-corrected chi connectivity index (χ3v) is 6.09. The van der Waals surface area contributed by atoms with E-state index < -0.39 is 17.8 Å². The quantitative estimate of drug-likeness (QED) is 0.522. The lowest BCUT2D eigenvalue weighted by atomic mass is 9.91. The highest BCUT2D eigenvalue weighted by Crippen LogP contribution is 2.30. The number of aromatic nitrogens is 3. The average Bonchev–Trinajstić information content (AvgIpc) is 3.45. The minimum absolute atomic E-state index is 0.0341. The second-order valence-electron chi connectivity index (χ2n) is 8.32. The topological polar surface area (TPSA) is 89.7 Å². The number of aryl methyl sites for hydroxylation is 1. The molecule has 3 aromatic rings. The van der Waals surface area contributed by atoms with Crippen molar-refractivity contribution in [3.05, 3.63) is 53.6 Å². The highest BCUT2D eigenvalue weighted by Gasteiger charge is 2.34. The fourth-order valence-corrected chi connectivity index (χ4v) is 4.31. The summed E-state index contributed by atoms with van der Waals surface area (Å²) >= 11 is 0. The normalized spacial score (nSPS) is 18.6. The molecule has 182 valence electrons. The number of carbonyl (C=O) groups excluding carboxylic acids is 2. The summed E-state index contributed by atoms with van der Waals surface area (Å²) in [7, 11) is 1.29. The smallest absolute Gasteiger partial charge is 0.434 e. The van der Waals surface area contributed by atoms with Crippen LogP contribution in [0.1, 0.15) is 59.1 Å². The second kappa shape index (κ2) is 9.40. The zero-order valence-electron chi connectivity index (χ0n) is 18.9. The van der Waals surface area contributed by atoms with Crippen LogP contribution in [-0.2, 0) is 17.5 Å². The molecule has 3 aromatic heterocycles. The number of halogens is 3. The Morgan fingerprint density at radius 2 is 1.85 bits per heavy atom. The minimum Gasteiger partial charge on any atom is -0.465 e. The number of hydrogen-bond donors (Lipinski definition) is 2. The lowest BCUT2D eigenvalue weighted by Crippen LogP contribution is -2.40. The van der Waals surface area contributed by atoms with E-state index in [0.717, 1.165) is 19.0 Å². The number of anilines is 1. The molecule has 0 radical (unpaired) electrons. The number of esters is 1. The molecule has 0 atom stereocenters. The SMILES string of the molecule is CCn1cc(C(=O)OC)cc1C(=O)NC1CCC(Nc2cccc3nc(C(F)(F)F)cn23)CC1. The summed E-state index contributed by atoms with van der Waals surface area (Å²) in [5, 5.41) is 6.36. The molecule has 1 aliphatic rings. The number of nitrogens with zero attached hydrogens (tertiary/aromatic N) is 3. The van der Waals surface area contributed by atoms with Crippen LogP contribution in [-0.4, -0.2) is 45.0 Å². The largest absolute Gasteiger partial charge is 0.465 e. The number of pyridine rings is 1. The number of fused-ring (bicyclic) bond motifs is 1. The van der Waals surface area contributed by atoms with Gasteiger partial charge in [-0.25, -0.2) is 9.78 Å². The first-order valence-corrected chi connectivity index (χ1v) is 11.1. The highest BCUT2D eigenvalue weighted by molar-refractivity contribution is 5.97. The van der Waals surface area contributed by atoms with Crippen LogP contribution in [0.3, 0.4) is 0 Å². The van der Waals surface area contributed by atoms with Crippen molar-refractivity contribution in [1.82, 2.24) is 19.3 Å². The van der Waals surface area contributed by atoms with Gasteiger partial charge in [0.1, 0.15) is 17.2 Å². The van der Waals surface area contributed by atoms with Crippen LogP contribution in [0, 0.1) is 0 Å². The first kappa shape index (κ1) is 23.7. The van der Waals surface area contributed by atoms with Gasteiger partial charge in [-0.3, -0.25) is 9.20 Å². The molecule has 0 aliphatic heterocycles. The molecule has 2 N–H and O–H groups in total. The molecule has 1 fully saturated rings. The lowest BCUT2D eigenvalue weighted by molar-refractivity contribution is -0.140. The van der Waals surface area contributed by atoms with Crippen molar-refractivity contribution in [3.63, 3.8) is 0 Å². The predicted molar refractivity (Wildman–Crippen MR) is 119 cm³/mol. The van der Waals surface area contributed by atoms with Crippen molar-refractivity contribution in [3.8, 4) is 0 Å². The van der Waals surface area contributed by atoms with Crippen molar-refractivity contribution < 1.29 is 27.5 Å². The van der Waals surface area contributed by atoms with Crippen molar-refractivity contribution in [2.45, 2.75) is 57.4 Å². The Bertz CT molecular complexity index is 1190. The summed E-state index contributed by atoms with van der Waals surface area (Å²) in [6.45, 7) is 2.42. The maximum atomic E-state index is 13.0. The van der Waals surface area contributed by atoms with Crippen LogP contribution in [0.4, 0.5) is 19.0 Å². The van der Waals surface area contributed by atoms with Crippen molar-refractivity contribution in [2.75, 3.05) is 12.4 Å². The van der Waals surface area contributed by atoms with Crippen LogP contribution >= 0.6 is 0 Å². The number of hydrogen-bond acceptors (Lipinski definition) is 5. The summed E-state index contributed by atoms with van der Waals surface area (Å²) in [6.07, 6.45) is 1.00. The van der Waals surface area contributed by atoms with Gasteiger partial charge in [0, 0.05) is 31.0 Å². The second-order valence-corrected chi connectivity index (χ2v) is 8.32. The summed E-state index contributed by atoms with van der Waals surface area (Å²) in [6, 6.07) is 6.47. The Morgan fingerprint density at radius 1 is 1.15 bits per heavy atom. The van der Waals surface area contributed by atoms with E-state index in [1.165, 1.54) is 23.6 Å². The Labute approximate surface area is 194 Å². The summed E-state index contributed by atoms with van der Waals surface area (Å²) in [5.41, 5.74) is 0.0176. The number of ether oxygens (including phenoxy) is 1. The van der Waals surface area contributed by atoms with Gasteiger partial charge in [-0.15, -0.1) is 0 Å². The minimum atomic E-state index is -4.51. The van der Waals surface area contributed by atoms with E-state index >= 15 is 0 Å². The Balaban J connectivity index is 1.37. The molecule has 1 saturated carbocycles. The van der Waals surface area contributed by atoms with E-state index in [9.17, 15) is 22.8 Å². The van der Waals surface area contributed by atoms with E-state index in [1.54, 1.807) is 22.9 Å². The van der Waals surface area contributed by atoms with Gasteiger partial charge < -0.3 is 19.9 Å². The van der Waals surface area contributed by atoms with Crippen LogP contribution in [0.25, 0.3) is 5.65 Å². The van der Waals surface area contributed by atoms with Gasteiger partial charge in [-0.1, -0.05) is 6.07 Å². The van der Waals surface area contributed by atoms with Crippen LogP contribution in [0.2, 0.25) is 0 Å². The number of imidazole rings is 1. The molecule has 0 saturated heterocycles. The summed E-state index contributed by atoms with van der Waals surface area (Å²) in [5.74, 6) is -0.205. The Kier molecular flexibility index (Phi) is 6.54. The fourth-order valence-electron chi connectivity index (χ4n) is 4.31. The van der Waals surface area contributed by atoms with Gasteiger partial charge in [0.2, 0.25) is 0 Å². The maximum absolute atomic E-state index is 13.0. The van der Waals surface area contributed by atoms with Crippen LogP contribution < -0.4 is 10.6 Å². The molecule has 1 amide bonds. The molecule has 3 heterocycles. The number of methoxy groups -OCH3 is 1. The molecule has 0 aromatic carbocycles. The zero-order chi connectivity index (χ0) is 24.5. The van der Waals surface area contributed by atoms with Gasteiger partial charge in [-0.05, 0) is 50.8 Å². The first-order valence-electron chi connectivity index (χ1n) is 11.1. The van der Waals surface area contributed by atoms with Crippen molar-refractivity contribution >= 4 is 23.3 Å². The molecule has 4 rings (SSSR count). The van der Waals surface area contributed by atoms with Crippen molar-refractivity contribution in [2.24, 2.45) is 0 Å². The third-order valence-electron chi connectivity index (χ3n) is 6.09. The number of rotatable bonds is 6. The maximum Gasteiger partial charge on any atom is 0.434 e. The van der Waals surface area contributed by atoms with Gasteiger partial charge in [0.05, 0.1) is 12.7 Å². The molecule has 0 bridgehead atoms. The number of nitrogens with one attached hydrogen (secondary N) is 2. The fraction of sp³-hybridized carbons (Fsp3) is 0.435. The lowest BCUT2D eigenvalue weighted by Gasteiger charge is -2.30. The summed E-state index contributed by atoms with van der Waals surface area (Å²) < 4.78 is 47.0. The number of amides is 1. The van der Waals surface area contributed by atoms with E-state index in [1.807, 2.05) is 6.92 Å². The van der Waals surface area contributed by atoms with Crippen LogP contribution in [0.5, 0.6) is 0 Å². The van der Waals surface area contributed by atoms with Gasteiger partial charge in [-0.2, -0.15) is 13.2 Å². The van der Waals surface area contributed by atoms with Gasteiger partial charge >= 0.3 is 12.1 Å².